The average molecular weight is 201 g/mol. The monoisotopic (exact) mass is 201 g/mol. The third-order valence-electron chi connectivity index (χ3n) is 1.63. The van der Waals surface area contributed by atoms with Crippen molar-refractivity contribution in [1.82, 2.24) is 5.43 Å². The highest BCUT2D eigenvalue weighted by Crippen LogP contribution is 2.18. The summed E-state index contributed by atoms with van der Waals surface area (Å²) in [5, 5.41) is 2.04. The number of carbonyl (C=O) groups excluding carboxylic acids is 1. The number of benzene rings is 1. The highest BCUT2D eigenvalue weighted by molar-refractivity contribution is 5.88. The molecule has 0 spiro atoms. The maximum absolute atomic E-state index is 13.1. The normalized spacial score (nSPS) is 9.71. The van der Waals surface area contributed by atoms with Gasteiger partial charge in [-0.1, -0.05) is 0 Å². The van der Waals surface area contributed by atoms with Crippen molar-refractivity contribution in [2.75, 3.05) is 5.32 Å². The molecule has 4 N–H and O–H groups in total. The molecule has 0 unspecified atom stereocenters. The molecule has 4 nitrogen and oxygen atoms in total. The molecule has 0 atom stereocenters. The standard InChI is InChI=1S/C8H9F2N3O/c1-4-2-6(10)7(3-5(4)9)12-8(14)13-11/h2-3H,11H2,1H3,(H2,12,13,14). The lowest BCUT2D eigenvalue weighted by molar-refractivity contribution is 0.252. The van der Waals surface area contributed by atoms with Gasteiger partial charge in [-0.25, -0.2) is 19.4 Å². The highest BCUT2D eigenvalue weighted by Gasteiger charge is 2.09. The number of nitrogens with one attached hydrogen (secondary N) is 2. The Labute approximate surface area is 79.1 Å². The molecular weight excluding hydrogens is 192 g/mol. The number of anilines is 1. The quantitative estimate of drug-likeness (QED) is 0.364. The largest absolute Gasteiger partial charge is 0.333 e. The van der Waals surface area contributed by atoms with E-state index in [1.54, 1.807) is 5.43 Å². The third kappa shape index (κ3) is 2.17. The van der Waals surface area contributed by atoms with E-state index >= 15 is 0 Å². The Bertz CT molecular complexity index is 368. The van der Waals surface area contributed by atoms with E-state index in [1.807, 2.05) is 5.32 Å². The van der Waals surface area contributed by atoms with Crippen LogP contribution in [0.4, 0.5) is 19.3 Å². The van der Waals surface area contributed by atoms with Gasteiger partial charge in [0.2, 0.25) is 0 Å². The van der Waals surface area contributed by atoms with Crippen molar-refractivity contribution in [3.05, 3.63) is 29.3 Å². The van der Waals surface area contributed by atoms with Crippen LogP contribution in [-0.2, 0) is 0 Å². The van der Waals surface area contributed by atoms with Crippen molar-refractivity contribution in [3.8, 4) is 0 Å². The van der Waals surface area contributed by atoms with Gasteiger partial charge < -0.3 is 5.32 Å². The van der Waals surface area contributed by atoms with Crippen molar-refractivity contribution < 1.29 is 13.6 Å². The highest BCUT2D eigenvalue weighted by atomic mass is 19.1. The van der Waals surface area contributed by atoms with Crippen LogP contribution in [0, 0.1) is 18.6 Å². The Morgan fingerprint density at radius 2 is 2.00 bits per heavy atom. The summed E-state index contributed by atoms with van der Waals surface area (Å²) < 4.78 is 26.0. The fraction of sp³-hybridized carbons (Fsp3) is 0.125. The maximum atomic E-state index is 13.1. The SMILES string of the molecule is Cc1cc(F)c(NC(=O)NN)cc1F. The summed E-state index contributed by atoms with van der Waals surface area (Å²) in [4.78, 5) is 10.7. The van der Waals surface area contributed by atoms with E-state index in [9.17, 15) is 13.6 Å². The number of rotatable bonds is 1. The van der Waals surface area contributed by atoms with E-state index < -0.39 is 17.7 Å². The van der Waals surface area contributed by atoms with Gasteiger partial charge in [-0.05, 0) is 18.6 Å². The van der Waals surface area contributed by atoms with E-state index in [-0.39, 0.29) is 11.3 Å². The number of carbonyl (C=O) groups is 1. The number of urea groups is 1. The number of hydrogen-bond donors (Lipinski definition) is 3. The Balaban J connectivity index is 2.98. The molecule has 6 heteroatoms. The molecule has 76 valence electrons. The van der Waals surface area contributed by atoms with Crippen LogP contribution in [0.15, 0.2) is 12.1 Å². The van der Waals surface area contributed by atoms with Crippen LogP contribution in [0.5, 0.6) is 0 Å². The number of aryl methyl sites for hydroxylation is 1. The smallest absolute Gasteiger partial charge is 0.304 e. The van der Waals surface area contributed by atoms with Crippen molar-refractivity contribution in [3.63, 3.8) is 0 Å². The number of hydrogen-bond acceptors (Lipinski definition) is 2. The molecule has 1 aromatic rings. The number of amides is 2. The van der Waals surface area contributed by atoms with Crippen LogP contribution >= 0.6 is 0 Å². The summed E-state index contributed by atoms with van der Waals surface area (Å²) in [6, 6.07) is 1.06. The molecule has 0 aliphatic heterocycles. The van der Waals surface area contributed by atoms with E-state index in [0.717, 1.165) is 12.1 Å². The molecule has 2 amide bonds. The summed E-state index contributed by atoms with van der Waals surface area (Å²) >= 11 is 0. The van der Waals surface area contributed by atoms with Crippen molar-refractivity contribution in [1.29, 1.82) is 0 Å². The zero-order chi connectivity index (χ0) is 10.7. The maximum Gasteiger partial charge on any atom is 0.333 e. The van der Waals surface area contributed by atoms with Crippen LogP contribution in [0.25, 0.3) is 0 Å². The first-order chi connectivity index (χ1) is 6.54. The molecule has 1 aromatic carbocycles. The van der Waals surface area contributed by atoms with E-state index in [1.165, 1.54) is 6.92 Å². The second-order valence-corrected chi connectivity index (χ2v) is 2.68. The Hall–Kier alpha value is -1.69. The van der Waals surface area contributed by atoms with Crippen molar-refractivity contribution in [2.24, 2.45) is 5.84 Å². The number of hydrazine groups is 1. The first-order valence-corrected chi connectivity index (χ1v) is 3.78. The van der Waals surface area contributed by atoms with Gasteiger partial charge in [0, 0.05) is 6.07 Å². The second-order valence-electron chi connectivity index (χ2n) is 2.68. The molecule has 14 heavy (non-hydrogen) atoms. The lowest BCUT2D eigenvalue weighted by Gasteiger charge is -2.06. The third-order valence-corrected chi connectivity index (χ3v) is 1.63. The Morgan fingerprint density at radius 3 is 2.57 bits per heavy atom. The molecule has 0 fully saturated rings. The summed E-state index contributed by atoms with van der Waals surface area (Å²) in [6.45, 7) is 1.42. The molecular formula is C8H9F2N3O. The van der Waals surface area contributed by atoms with Gasteiger partial charge >= 0.3 is 6.03 Å². The van der Waals surface area contributed by atoms with Gasteiger partial charge in [0.05, 0.1) is 5.69 Å². The zero-order valence-electron chi connectivity index (χ0n) is 7.40. The molecule has 0 saturated carbocycles. The van der Waals surface area contributed by atoms with Crippen molar-refractivity contribution >= 4 is 11.7 Å². The Kier molecular flexibility index (Phi) is 2.98. The summed E-state index contributed by atoms with van der Waals surface area (Å²) in [5.41, 5.74) is 1.65. The average Bonchev–Trinajstić information content (AvgIpc) is 2.14. The van der Waals surface area contributed by atoms with Crippen LogP contribution in [0.3, 0.4) is 0 Å². The topological polar surface area (TPSA) is 67.2 Å². The van der Waals surface area contributed by atoms with Crippen LogP contribution in [-0.4, -0.2) is 6.03 Å². The van der Waals surface area contributed by atoms with Gasteiger partial charge in [0.15, 0.2) is 0 Å². The van der Waals surface area contributed by atoms with Gasteiger partial charge in [-0.3, -0.25) is 5.43 Å². The minimum atomic E-state index is -0.813. The first-order valence-electron chi connectivity index (χ1n) is 3.78. The summed E-state index contributed by atoms with van der Waals surface area (Å²) in [7, 11) is 0. The molecule has 0 heterocycles. The predicted molar refractivity (Wildman–Crippen MR) is 47.4 cm³/mol. The van der Waals surface area contributed by atoms with Gasteiger partial charge in [0.25, 0.3) is 0 Å². The first kappa shape index (κ1) is 10.4. The molecule has 0 radical (unpaired) electrons. The fourth-order valence-corrected chi connectivity index (χ4v) is 0.900. The lowest BCUT2D eigenvalue weighted by Crippen LogP contribution is -2.34. The van der Waals surface area contributed by atoms with Gasteiger partial charge in [-0.2, -0.15) is 0 Å². The van der Waals surface area contributed by atoms with Gasteiger partial charge in [-0.15, -0.1) is 0 Å². The van der Waals surface area contributed by atoms with Crippen LogP contribution < -0.4 is 16.6 Å². The minimum absolute atomic E-state index is 0.168. The number of nitrogens with two attached hydrogens (primary N) is 1. The van der Waals surface area contributed by atoms with Gasteiger partial charge in [0.1, 0.15) is 11.6 Å². The van der Waals surface area contributed by atoms with Crippen molar-refractivity contribution in [2.45, 2.75) is 6.92 Å². The second kappa shape index (κ2) is 4.01. The number of halogens is 2. The summed E-state index contributed by atoms with van der Waals surface area (Å²) in [5.74, 6) is 3.45. The minimum Gasteiger partial charge on any atom is -0.304 e. The molecule has 0 aromatic heterocycles. The molecule has 0 aliphatic carbocycles. The Morgan fingerprint density at radius 1 is 1.36 bits per heavy atom. The molecule has 0 bridgehead atoms. The fourth-order valence-electron chi connectivity index (χ4n) is 0.900. The van der Waals surface area contributed by atoms with E-state index in [2.05, 4.69) is 0 Å². The van der Waals surface area contributed by atoms with Crippen LogP contribution in [0.1, 0.15) is 5.56 Å². The molecule has 0 saturated heterocycles. The zero-order valence-corrected chi connectivity index (χ0v) is 7.40. The van der Waals surface area contributed by atoms with Crippen LogP contribution in [0.2, 0.25) is 0 Å². The van der Waals surface area contributed by atoms with E-state index in [0.29, 0.717) is 0 Å². The lowest BCUT2D eigenvalue weighted by atomic mass is 10.2. The predicted octanol–water partition coefficient (Wildman–Crippen LogP) is 1.27. The van der Waals surface area contributed by atoms with E-state index in [4.69, 9.17) is 5.84 Å². The summed E-state index contributed by atoms with van der Waals surface area (Å²) in [6.07, 6.45) is 0. The molecule has 0 aliphatic rings. The molecule has 1 rings (SSSR count).